The third-order valence-electron chi connectivity index (χ3n) is 3.12. The second kappa shape index (κ2) is 5.28. The van der Waals surface area contributed by atoms with Gasteiger partial charge < -0.3 is 14.4 Å². The molecular weight excluding hydrogens is 326 g/mol. The van der Waals surface area contributed by atoms with Crippen LogP contribution in [-0.2, 0) is 0 Å². The van der Waals surface area contributed by atoms with Crippen molar-refractivity contribution in [1.29, 1.82) is 0 Å². The van der Waals surface area contributed by atoms with E-state index >= 15 is 0 Å². The minimum atomic E-state index is -1.14. The SMILES string of the molecule is O=C(O)c1cc(-c2cccc(Br)c2OCC2CC2)no1. The highest BCUT2D eigenvalue weighted by molar-refractivity contribution is 9.10. The zero-order valence-corrected chi connectivity index (χ0v) is 12.1. The number of para-hydroxylation sites is 1. The van der Waals surface area contributed by atoms with E-state index in [1.165, 1.54) is 18.9 Å². The van der Waals surface area contributed by atoms with Crippen molar-refractivity contribution in [3.63, 3.8) is 0 Å². The van der Waals surface area contributed by atoms with Gasteiger partial charge >= 0.3 is 5.97 Å². The molecule has 6 heteroatoms. The normalized spacial score (nSPS) is 14.2. The van der Waals surface area contributed by atoms with Gasteiger partial charge in [0.15, 0.2) is 0 Å². The van der Waals surface area contributed by atoms with Crippen molar-refractivity contribution < 1.29 is 19.2 Å². The van der Waals surface area contributed by atoms with Crippen LogP contribution in [0.5, 0.6) is 5.75 Å². The quantitative estimate of drug-likeness (QED) is 0.902. The number of benzene rings is 1. The van der Waals surface area contributed by atoms with Gasteiger partial charge in [0.1, 0.15) is 11.4 Å². The molecule has 1 aliphatic carbocycles. The summed E-state index contributed by atoms with van der Waals surface area (Å²) in [6.45, 7) is 0.666. The highest BCUT2D eigenvalue weighted by atomic mass is 79.9. The summed E-state index contributed by atoms with van der Waals surface area (Å²) in [5.74, 6) is -0.0289. The molecule has 104 valence electrons. The average Bonchev–Trinajstić information content (AvgIpc) is 3.11. The molecule has 1 heterocycles. The lowest BCUT2D eigenvalue weighted by molar-refractivity contribution is 0.0652. The Morgan fingerprint density at radius 2 is 2.30 bits per heavy atom. The number of nitrogens with zero attached hydrogens (tertiary/aromatic N) is 1. The maximum absolute atomic E-state index is 10.8. The summed E-state index contributed by atoms with van der Waals surface area (Å²) in [7, 11) is 0. The Kier molecular flexibility index (Phi) is 3.48. The molecule has 1 N–H and O–H groups in total. The molecule has 1 aliphatic rings. The van der Waals surface area contributed by atoms with Crippen LogP contribution in [0.4, 0.5) is 0 Å². The Hall–Kier alpha value is -1.82. The molecule has 1 aromatic carbocycles. The molecule has 0 radical (unpaired) electrons. The van der Waals surface area contributed by atoms with Crippen molar-refractivity contribution >= 4 is 21.9 Å². The van der Waals surface area contributed by atoms with Gasteiger partial charge in [-0.05, 0) is 46.8 Å². The largest absolute Gasteiger partial charge is 0.491 e. The van der Waals surface area contributed by atoms with Gasteiger partial charge in [0, 0.05) is 11.6 Å². The van der Waals surface area contributed by atoms with Gasteiger partial charge in [-0.1, -0.05) is 11.2 Å². The fourth-order valence-electron chi connectivity index (χ4n) is 1.85. The minimum absolute atomic E-state index is 0.187. The first kappa shape index (κ1) is 13.2. The molecule has 0 unspecified atom stereocenters. The Bertz CT molecular complexity index is 648. The van der Waals surface area contributed by atoms with Crippen LogP contribution in [0, 0.1) is 5.92 Å². The molecular formula is C14H12BrNO4. The number of carbonyl (C=O) groups is 1. The predicted octanol–water partition coefficient (Wildman–Crippen LogP) is 3.59. The molecule has 2 aromatic rings. The lowest BCUT2D eigenvalue weighted by Gasteiger charge is -2.11. The minimum Gasteiger partial charge on any atom is -0.491 e. The number of aromatic nitrogens is 1. The van der Waals surface area contributed by atoms with Crippen LogP contribution in [0.2, 0.25) is 0 Å². The first-order chi connectivity index (χ1) is 9.65. The fraction of sp³-hybridized carbons (Fsp3) is 0.286. The number of carboxylic acids is 1. The summed E-state index contributed by atoms with van der Waals surface area (Å²) in [5.41, 5.74) is 1.17. The van der Waals surface area contributed by atoms with Gasteiger partial charge in [-0.3, -0.25) is 0 Å². The maximum Gasteiger partial charge on any atom is 0.374 e. The Balaban J connectivity index is 1.93. The van der Waals surface area contributed by atoms with E-state index in [-0.39, 0.29) is 5.76 Å². The van der Waals surface area contributed by atoms with Gasteiger partial charge in [-0.15, -0.1) is 0 Å². The van der Waals surface area contributed by atoms with E-state index in [1.54, 1.807) is 0 Å². The number of hydrogen-bond acceptors (Lipinski definition) is 4. The highest BCUT2D eigenvalue weighted by Gasteiger charge is 2.24. The first-order valence-electron chi connectivity index (χ1n) is 6.27. The second-order valence-corrected chi connectivity index (χ2v) is 5.61. The van der Waals surface area contributed by atoms with Crippen LogP contribution in [-0.4, -0.2) is 22.8 Å². The lowest BCUT2D eigenvalue weighted by atomic mass is 10.1. The van der Waals surface area contributed by atoms with Crippen molar-refractivity contribution in [3.05, 3.63) is 34.5 Å². The molecule has 5 nitrogen and oxygen atoms in total. The van der Waals surface area contributed by atoms with Gasteiger partial charge in [0.05, 0.1) is 11.1 Å². The molecule has 0 atom stereocenters. The monoisotopic (exact) mass is 337 g/mol. The standard InChI is InChI=1S/C14H12BrNO4/c15-10-3-1-2-9(13(10)19-7-8-4-5-8)11-6-12(14(17)18)20-16-11/h1-3,6,8H,4-5,7H2,(H,17,18). The molecule has 0 amide bonds. The lowest BCUT2D eigenvalue weighted by Crippen LogP contribution is -2.01. The van der Waals surface area contributed by atoms with Crippen LogP contribution in [0.25, 0.3) is 11.3 Å². The van der Waals surface area contributed by atoms with E-state index in [0.717, 1.165) is 10.0 Å². The van der Waals surface area contributed by atoms with Crippen molar-refractivity contribution in [2.75, 3.05) is 6.61 Å². The number of halogens is 1. The molecule has 3 rings (SSSR count). The van der Waals surface area contributed by atoms with Crippen LogP contribution in [0.3, 0.4) is 0 Å². The fourth-order valence-corrected chi connectivity index (χ4v) is 2.33. The Morgan fingerprint density at radius 1 is 1.50 bits per heavy atom. The van der Waals surface area contributed by atoms with E-state index in [2.05, 4.69) is 21.1 Å². The maximum atomic E-state index is 10.8. The zero-order valence-electron chi connectivity index (χ0n) is 10.5. The summed E-state index contributed by atoms with van der Waals surface area (Å²) in [5, 5.41) is 12.7. The van der Waals surface area contributed by atoms with Gasteiger partial charge in [0.25, 0.3) is 0 Å². The molecule has 1 fully saturated rings. The molecule has 1 saturated carbocycles. The number of carboxylic acid groups (broad SMARTS) is 1. The highest BCUT2D eigenvalue weighted by Crippen LogP contribution is 2.38. The van der Waals surface area contributed by atoms with E-state index in [1.807, 2.05) is 18.2 Å². The number of rotatable bonds is 5. The van der Waals surface area contributed by atoms with Crippen molar-refractivity contribution in [1.82, 2.24) is 5.16 Å². The number of ether oxygens (including phenoxy) is 1. The number of hydrogen-bond donors (Lipinski definition) is 1. The van der Waals surface area contributed by atoms with Crippen molar-refractivity contribution in [2.24, 2.45) is 5.92 Å². The number of aromatic carboxylic acids is 1. The summed E-state index contributed by atoms with van der Waals surface area (Å²) in [6.07, 6.45) is 2.40. The van der Waals surface area contributed by atoms with Crippen LogP contribution in [0.15, 0.2) is 33.3 Å². The van der Waals surface area contributed by atoms with Crippen LogP contribution in [0.1, 0.15) is 23.4 Å². The van der Waals surface area contributed by atoms with E-state index in [4.69, 9.17) is 14.4 Å². The third-order valence-corrected chi connectivity index (χ3v) is 3.75. The van der Waals surface area contributed by atoms with Crippen molar-refractivity contribution in [3.8, 4) is 17.0 Å². The molecule has 0 bridgehead atoms. The van der Waals surface area contributed by atoms with Crippen LogP contribution < -0.4 is 4.74 Å². The Labute approximate surface area is 123 Å². The van der Waals surface area contributed by atoms with Crippen molar-refractivity contribution in [2.45, 2.75) is 12.8 Å². The summed E-state index contributed by atoms with van der Waals surface area (Å²) < 4.78 is 11.4. The predicted molar refractivity (Wildman–Crippen MR) is 74.8 cm³/mol. The second-order valence-electron chi connectivity index (χ2n) is 4.75. The molecule has 20 heavy (non-hydrogen) atoms. The van der Waals surface area contributed by atoms with Gasteiger partial charge in [-0.25, -0.2) is 4.79 Å². The van der Waals surface area contributed by atoms with E-state index in [9.17, 15) is 4.79 Å². The third kappa shape index (κ3) is 2.70. The topological polar surface area (TPSA) is 72.6 Å². The zero-order chi connectivity index (χ0) is 14.1. The first-order valence-corrected chi connectivity index (χ1v) is 7.06. The molecule has 0 saturated heterocycles. The molecule has 1 aromatic heterocycles. The van der Waals surface area contributed by atoms with Crippen LogP contribution >= 0.6 is 15.9 Å². The van der Waals surface area contributed by atoms with E-state index < -0.39 is 5.97 Å². The van der Waals surface area contributed by atoms with Gasteiger partial charge in [0.2, 0.25) is 5.76 Å². The average molecular weight is 338 g/mol. The molecule has 0 aliphatic heterocycles. The summed E-state index contributed by atoms with van der Waals surface area (Å²) in [6, 6.07) is 6.95. The summed E-state index contributed by atoms with van der Waals surface area (Å²) in [4.78, 5) is 10.8. The molecule has 0 spiro atoms. The Morgan fingerprint density at radius 3 is 2.95 bits per heavy atom. The van der Waals surface area contributed by atoms with E-state index in [0.29, 0.717) is 24.0 Å². The van der Waals surface area contributed by atoms with Gasteiger partial charge in [-0.2, -0.15) is 0 Å². The smallest absolute Gasteiger partial charge is 0.374 e. The summed E-state index contributed by atoms with van der Waals surface area (Å²) >= 11 is 3.45.